The summed E-state index contributed by atoms with van der Waals surface area (Å²) in [5.74, 6) is 1.40. The average Bonchev–Trinajstić information content (AvgIpc) is 2.93. The van der Waals surface area contributed by atoms with Gasteiger partial charge in [0.1, 0.15) is 11.5 Å². The molecule has 1 aromatic carbocycles. The van der Waals surface area contributed by atoms with E-state index in [9.17, 15) is 4.79 Å². The number of aromatic amines is 1. The Labute approximate surface area is 122 Å². The quantitative estimate of drug-likeness (QED) is 0.736. The Balaban J connectivity index is 1.90. The number of nitrogen functional groups attached to an aromatic ring is 1. The Bertz CT molecular complexity index is 624. The van der Waals surface area contributed by atoms with Crippen LogP contribution in [0.2, 0.25) is 0 Å². The number of aromatic nitrogens is 2. The molecule has 1 amide bonds. The molecule has 2 rings (SSSR count). The molecule has 0 spiro atoms. The van der Waals surface area contributed by atoms with Crippen molar-refractivity contribution >= 4 is 11.7 Å². The van der Waals surface area contributed by atoms with Gasteiger partial charge >= 0.3 is 0 Å². The van der Waals surface area contributed by atoms with Crippen molar-refractivity contribution in [2.75, 3.05) is 26.5 Å². The van der Waals surface area contributed by atoms with Crippen LogP contribution in [0.3, 0.4) is 0 Å². The molecule has 0 unspecified atom stereocenters. The summed E-state index contributed by atoms with van der Waals surface area (Å²) in [6.07, 6.45) is 0.676. The fourth-order valence-corrected chi connectivity index (χ4v) is 1.91. The lowest BCUT2D eigenvalue weighted by atomic mass is 10.1. The largest absolute Gasteiger partial charge is 0.493 e. The summed E-state index contributed by atoms with van der Waals surface area (Å²) in [6, 6.07) is 7.15. The lowest BCUT2D eigenvalue weighted by molar-refractivity contribution is 0.0949. The number of methoxy groups -OCH3 is 2. The summed E-state index contributed by atoms with van der Waals surface area (Å²) in [5.41, 5.74) is 6.83. The minimum absolute atomic E-state index is 0.236. The fourth-order valence-electron chi connectivity index (χ4n) is 1.91. The van der Waals surface area contributed by atoms with Gasteiger partial charge in [0.2, 0.25) is 0 Å². The molecule has 1 aromatic heterocycles. The summed E-state index contributed by atoms with van der Waals surface area (Å²) < 4.78 is 10.4. The van der Waals surface area contributed by atoms with Crippen LogP contribution in [0.1, 0.15) is 16.1 Å². The van der Waals surface area contributed by atoms with Crippen LogP contribution in [0.4, 0.5) is 5.82 Å². The minimum atomic E-state index is -0.236. The molecule has 0 saturated heterocycles. The number of hydrogen-bond donors (Lipinski definition) is 3. The van der Waals surface area contributed by atoms with Gasteiger partial charge in [0, 0.05) is 12.6 Å². The van der Waals surface area contributed by atoms with Crippen molar-refractivity contribution in [2.45, 2.75) is 6.42 Å². The van der Waals surface area contributed by atoms with Gasteiger partial charge in [-0.25, -0.2) is 0 Å². The summed E-state index contributed by atoms with van der Waals surface area (Å²) in [5, 5.41) is 9.06. The number of amides is 1. The van der Waals surface area contributed by atoms with E-state index in [4.69, 9.17) is 15.2 Å². The van der Waals surface area contributed by atoms with Crippen LogP contribution in [0.15, 0.2) is 24.3 Å². The number of carbonyl (C=O) groups excluding carboxylic acids is 1. The number of rotatable bonds is 6. The van der Waals surface area contributed by atoms with Crippen molar-refractivity contribution in [3.63, 3.8) is 0 Å². The topological polar surface area (TPSA) is 102 Å². The molecule has 112 valence electrons. The van der Waals surface area contributed by atoms with Gasteiger partial charge in [0.25, 0.3) is 5.91 Å². The number of ether oxygens (including phenoxy) is 2. The predicted octanol–water partition coefficient (Wildman–Crippen LogP) is 0.982. The molecule has 7 heteroatoms. The Morgan fingerprint density at radius 1 is 1.29 bits per heavy atom. The molecule has 0 aliphatic rings. The number of H-pyrrole nitrogens is 1. The average molecular weight is 290 g/mol. The lowest BCUT2D eigenvalue weighted by Gasteiger charge is -2.09. The zero-order valence-electron chi connectivity index (χ0n) is 12.0. The molecule has 0 aliphatic heterocycles. The zero-order valence-corrected chi connectivity index (χ0v) is 12.0. The minimum Gasteiger partial charge on any atom is -0.493 e. The van der Waals surface area contributed by atoms with Gasteiger partial charge in [0.05, 0.1) is 14.2 Å². The SMILES string of the molecule is COc1ccc(CCNC(=O)c2cc(N)n[nH]2)cc1OC. The van der Waals surface area contributed by atoms with Crippen LogP contribution in [-0.4, -0.2) is 36.9 Å². The van der Waals surface area contributed by atoms with Crippen molar-refractivity contribution in [3.05, 3.63) is 35.5 Å². The van der Waals surface area contributed by atoms with Gasteiger partial charge in [-0.05, 0) is 24.1 Å². The molecule has 0 atom stereocenters. The Morgan fingerprint density at radius 3 is 2.67 bits per heavy atom. The molecule has 0 aliphatic carbocycles. The third kappa shape index (κ3) is 3.65. The maximum atomic E-state index is 11.8. The first-order chi connectivity index (χ1) is 10.1. The number of nitrogens with one attached hydrogen (secondary N) is 2. The van der Waals surface area contributed by atoms with E-state index >= 15 is 0 Å². The van der Waals surface area contributed by atoms with Crippen LogP contribution < -0.4 is 20.5 Å². The van der Waals surface area contributed by atoms with Gasteiger partial charge in [-0.3, -0.25) is 9.89 Å². The summed E-state index contributed by atoms with van der Waals surface area (Å²) in [4.78, 5) is 11.8. The van der Waals surface area contributed by atoms with Crippen LogP contribution in [0.25, 0.3) is 0 Å². The molecule has 21 heavy (non-hydrogen) atoms. The van der Waals surface area contributed by atoms with Crippen molar-refractivity contribution in [3.8, 4) is 11.5 Å². The van der Waals surface area contributed by atoms with Crippen molar-refractivity contribution < 1.29 is 14.3 Å². The third-order valence-corrected chi connectivity index (χ3v) is 2.99. The van der Waals surface area contributed by atoms with Gasteiger partial charge in [-0.15, -0.1) is 0 Å². The zero-order chi connectivity index (χ0) is 15.2. The molecule has 0 fully saturated rings. The highest BCUT2D eigenvalue weighted by atomic mass is 16.5. The van der Waals surface area contributed by atoms with Crippen LogP contribution in [0.5, 0.6) is 11.5 Å². The summed E-state index contributed by atoms with van der Waals surface area (Å²) in [7, 11) is 3.18. The second-order valence-corrected chi connectivity index (χ2v) is 4.40. The van der Waals surface area contributed by atoms with Gasteiger partial charge in [0.15, 0.2) is 11.5 Å². The summed E-state index contributed by atoms with van der Waals surface area (Å²) in [6.45, 7) is 0.493. The third-order valence-electron chi connectivity index (χ3n) is 2.99. The number of nitrogens with zero attached hydrogens (tertiary/aromatic N) is 1. The van der Waals surface area contributed by atoms with Gasteiger partial charge < -0.3 is 20.5 Å². The second kappa shape index (κ2) is 6.65. The van der Waals surface area contributed by atoms with E-state index in [1.807, 2.05) is 18.2 Å². The molecule has 7 nitrogen and oxygen atoms in total. The van der Waals surface area contributed by atoms with Gasteiger partial charge in [-0.2, -0.15) is 5.10 Å². The van der Waals surface area contributed by atoms with Crippen molar-refractivity contribution in [1.82, 2.24) is 15.5 Å². The van der Waals surface area contributed by atoms with E-state index in [1.165, 1.54) is 6.07 Å². The monoisotopic (exact) mass is 290 g/mol. The van der Waals surface area contributed by atoms with Gasteiger partial charge in [-0.1, -0.05) is 6.07 Å². The summed E-state index contributed by atoms with van der Waals surface area (Å²) >= 11 is 0. The van der Waals surface area contributed by atoms with E-state index < -0.39 is 0 Å². The lowest BCUT2D eigenvalue weighted by Crippen LogP contribution is -2.26. The first-order valence-corrected chi connectivity index (χ1v) is 6.44. The van der Waals surface area contributed by atoms with Crippen molar-refractivity contribution in [2.24, 2.45) is 0 Å². The smallest absolute Gasteiger partial charge is 0.269 e. The molecule has 0 radical (unpaired) electrons. The molecule has 0 bridgehead atoms. The molecule has 4 N–H and O–H groups in total. The Morgan fingerprint density at radius 2 is 2.05 bits per heavy atom. The predicted molar refractivity (Wildman–Crippen MR) is 78.6 cm³/mol. The molecule has 0 saturated carbocycles. The first-order valence-electron chi connectivity index (χ1n) is 6.44. The molecule has 1 heterocycles. The van der Waals surface area contributed by atoms with Crippen LogP contribution in [0, 0.1) is 0 Å². The highest BCUT2D eigenvalue weighted by Gasteiger charge is 2.08. The fraction of sp³-hybridized carbons (Fsp3) is 0.286. The number of nitrogens with two attached hydrogens (primary N) is 1. The molecular weight excluding hydrogens is 272 g/mol. The first kappa shape index (κ1) is 14.7. The maximum absolute atomic E-state index is 11.8. The highest BCUT2D eigenvalue weighted by molar-refractivity contribution is 5.92. The number of benzene rings is 1. The standard InChI is InChI=1S/C14H18N4O3/c1-20-11-4-3-9(7-12(11)21-2)5-6-16-14(19)10-8-13(15)18-17-10/h3-4,7-8H,5-6H2,1-2H3,(H,16,19)(H3,15,17,18). The highest BCUT2D eigenvalue weighted by Crippen LogP contribution is 2.27. The van der Waals surface area contributed by atoms with E-state index in [-0.39, 0.29) is 5.91 Å². The maximum Gasteiger partial charge on any atom is 0.269 e. The van der Waals surface area contributed by atoms with Crippen LogP contribution in [-0.2, 0) is 6.42 Å². The number of carbonyl (C=O) groups is 1. The normalized spacial score (nSPS) is 10.2. The van der Waals surface area contributed by atoms with Crippen LogP contribution >= 0.6 is 0 Å². The number of anilines is 1. The van der Waals surface area contributed by atoms with E-state index in [0.29, 0.717) is 36.0 Å². The Hall–Kier alpha value is -2.70. The van der Waals surface area contributed by atoms with E-state index in [0.717, 1.165) is 5.56 Å². The van der Waals surface area contributed by atoms with Crippen molar-refractivity contribution in [1.29, 1.82) is 0 Å². The molecule has 2 aromatic rings. The van der Waals surface area contributed by atoms with E-state index in [2.05, 4.69) is 15.5 Å². The Kier molecular flexibility index (Phi) is 4.65. The second-order valence-electron chi connectivity index (χ2n) is 4.40. The van der Waals surface area contributed by atoms with E-state index in [1.54, 1.807) is 14.2 Å². The molecular formula is C14H18N4O3. The number of hydrogen-bond acceptors (Lipinski definition) is 5.